The number of aromatic nitrogens is 4. The van der Waals surface area contributed by atoms with Crippen LogP contribution >= 0.6 is 0 Å². The minimum atomic E-state index is -1.14. The molecule has 4 heterocycles. The Balaban J connectivity index is 1.13. The average Bonchev–Trinajstić information content (AvgIpc) is 3.59. The molecule has 0 bridgehead atoms. The van der Waals surface area contributed by atoms with Crippen molar-refractivity contribution in [2.75, 3.05) is 24.6 Å². The molecule has 0 radical (unpaired) electrons. The molecule has 0 unspecified atom stereocenters. The number of aliphatic hydroxyl groups is 1. The monoisotopic (exact) mass is 571 g/mol. The number of nitrogens with zero attached hydrogens (tertiary/aromatic N) is 6. The van der Waals surface area contributed by atoms with Crippen molar-refractivity contribution in [3.63, 3.8) is 0 Å². The third kappa shape index (κ3) is 5.32. The molecule has 0 saturated carbocycles. The van der Waals surface area contributed by atoms with Gasteiger partial charge in [0.2, 0.25) is 11.6 Å². The van der Waals surface area contributed by atoms with Crippen LogP contribution in [-0.4, -0.2) is 71.5 Å². The van der Waals surface area contributed by atoms with Crippen molar-refractivity contribution in [2.24, 2.45) is 0 Å². The summed E-state index contributed by atoms with van der Waals surface area (Å²) in [7, 11) is 0. The quantitative estimate of drug-likeness (QED) is 0.307. The van der Waals surface area contributed by atoms with Crippen molar-refractivity contribution in [1.82, 2.24) is 29.5 Å². The number of nitrogens with one attached hydrogen (secondary N) is 1. The number of hydrogen-bond donors (Lipinski definition) is 3. The molecule has 1 fully saturated rings. The molecule has 3 N–H and O–H groups in total. The first-order valence-corrected chi connectivity index (χ1v) is 14.1. The van der Waals surface area contributed by atoms with Crippen LogP contribution in [0.4, 0.5) is 10.5 Å². The number of hydrazine groups is 1. The predicted octanol–water partition coefficient (Wildman–Crippen LogP) is 2.65. The number of piperidine rings is 1. The number of likely N-dealkylation sites (tertiary alicyclic amines) is 1. The maximum atomic E-state index is 13.3. The summed E-state index contributed by atoms with van der Waals surface area (Å²) in [6.45, 7) is 3.48. The molecule has 2 aliphatic rings. The van der Waals surface area contributed by atoms with E-state index >= 15 is 0 Å². The lowest BCUT2D eigenvalue weighted by Crippen LogP contribution is -2.50. The maximum Gasteiger partial charge on any atom is 0.423 e. The third-order valence-corrected chi connectivity index (χ3v) is 8.36. The largest absolute Gasteiger partial charge is 0.464 e. The second-order valence-corrected chi connectivity index (χ2v) is 11.2. The SMILES string of the molecule is C[C@H](CC(=O)N1CCC(O)(Cn2cnn3c(-c4ccc5c(c4)CCN5NC(=O)O)cnc3c2=O)CC1)c1ccccc1. The van der Waals surface area contributed by atoms with Gasteiger partial charge in [0.05, 0.1) is 29.7 Å². The lowest BCUT2D eigenvalue weighted by molar-refractivity contribution is -0.136. The molecule has 0 spiro atoms. The van der Waals surface area contributed by atoms with E-state index in [9.17, 15) is 19.5 Å². The van der Waals surface area contributed by atoms with Crippen molar-refractivity contribution in [3.8, 4) is 11.3 Å². The second kappa shape index (κ2) is 10.9. The molecule has 218 valence electrons. The second-order valence-electron chi connectivity index (χ2n) is 11.2. The molecule has 1 atom stereocenters. The highest BCUT2D eigenvalue weighted by Gasteiger charge is 2.35. The molecule has 42 heavy (non-hydrogen) atoms. The molecule has 1 saturated heterocycles. The Morgan fingerprint density at radius 3 is 2.60 bits per heavy atom. The lowest BCUT2D eigenvalue weighted by atomic mass is 9.90. The normalized spacial score (nSPS) is 16.8. The number of benzene rings is 2. The van der Waals surface area contributed by atoms with Crippen molar-refractivity contribution in [2.45, 2.75) is 50.7 Å². The van der Waals surface area contributed by atoms with E-state index in [4.69, 9.17) is 5.11 Å². The number of fused-ring (bicyclic) bond motifs is 2. The van der Waals surface area contributed by atoms with Gasteiger partial charge in [0.25, 0.3) is 5.56 Å². The van der Waals surface area contributed by atoms with Crippen LogP contribution in [0.1, 0.15) is 43.2 Å². The molecule has 0 aliphatic carbocycles. The van der Waals surface area contributed by atoms with Gasteiger partial charge < -0.3 is 15.1 Å². The Bertz CT molecular complexity index is 1690. The molecule has 2 aromatic carbocycles. The number of carboxylic acid groups (broad SMARTS) is 1. The van der Waals surface area contributed by atoms with E-state index < -0.39 is 11.7 Å². The first-order chi connectivity index (χ1) is 20.2. The Kier molecular flexibility index (Phi) is 7.15. The van der Waals surface area contributed by atoms with Gasteiger partial charge in [0, 0.05) is 31.6 Å². The Morgan fingerprint density at radius 2 is 1.86 bits per heavy atom. The van der Waals surface area contributed by atoms with Gasteiger partial charge in [-0.15, -0.1) is 0 Å². The fourth-order valence-electron chi connectivity index (χ4n) is 5.94. The van der Waals surface area contributed by atoms with Crippen LogP contribution in [0.5, 0.6) is 0 Å². The molecular weight excluding hydrogens is 538 g/mol. The molecule has 6 rings (SSSR count). The summed E-state index contributed by atoms with van der Waals surface area (Å²) in [5.74, 6) is 0.173. The van der Waals surface area contributed by atoms with Gasteiger partial charge in [-0.05, 0) is 48.4 Å². The van der Waals surface area contributed by atoms with E-state index in [0.29, 0.717) is 51.0 Å². The molecule has 2 amide bonds. The van der Waals surface area contributed by atoms with Gasteiger partial charge in [0.15, 0.2) is 0 Å². The number of carbonyl (C=O) groups is 2. The van der Waals surface area contributed by atoms with E-state index in [0.717, 1.165) is 22.4 Å². The van der Waals surface area contributed by atoms with Crippen molar-refractivity contribution in [1.29, 1.82) is 0 Å². The predicted molar refractivity (Wildman–Crippen MR) is 155 cm³/mol. The standard InChI is InChI=1S/C30H33N7O5/c1-20(21-5-3-2-4-6-21)15-26(38)34-13-10-30(42,11-14-34)18-35-19-32-37-25(17-31-27(37)28(35)39)22-7-8-24-23(16-22)9-12-36(24)33-29(40)41/h2-8,16-17,19-20,33,42H,9-15,18H2,1H3,(H,40,41)/t20-/m1/s1. The fraction of sp³-hybridized carbons (Fsp3) is 0.367. The summed E-state index contributed by atoms with van der Waals surface area (Å²) in [5, 5.41) is 26.4. The fourth-order valence-corrected chi connectivity index (χ4v) is 5.94. The van der Waals surface area contributed by atoms with Crippen molar-refractivity contribution >= 4 is 23.3 Å². The maximum absolute atomic E-state index is 13.3. The molecule has 12 heteroatoms. The zero-order chi connectivity index (χ0) is 29.4. The van der Waals surface area contributed by atoms with Gasteiger partial charge in [-0.1, -0.05) is 43.3 Å². The highest BCUT2D eigenvalue weighted by molar-refractivity contribution is 5.77. The Hall–Kier alpha value is -4.71. The number of amides is 2. The van der Waals surface area contributed by atoms with Crippen LogP contribution < -0.4 is 16.0 Å². The molecule has 2 aliphatic heterocycles. The third-order valence-electron chi connectivity index (χ3n) is 8.36. The molecule has 2 aromatic heterocycles. The number of hydrogen-bond acceptors (Lipinski definition) is 7. The van der Waals surface area contributed by atoms with Crippen molar-refractivity contribution < 1.29 is 19.8 Å². The van der Waals surface area contributed by atoms with Crippen LogP contribution in [0.2, 0.25) is 0 Å². The van der Waals surface area contributed by atoms with Gasteiger partial charge in [-0.3, -0.25) is 19.2 Å². The summed E-state index contributed by atoms with van der Waals surface area (Å²) >= 11 is 0. The van der Waals surface area contributed by atoms with E-state index in [2.05, 4.69) is 15.5 Å². The van der Waals surface area contributed by atoms with E-state index in [1.165, 1.54) is 15.4 Å². The lowest BCUT2D eigenvalue weighted by Gasteiger charge is -2.38. The van der Waals surface area contributed by atoms with Gasteiger partial charge in [-0.2, -0.15) is 5.10 Å². The summed E-state index contributed by atoms with van der Waals surface area (Å²) in [6, 6.07) is 15.6. The number of imidazole rings is 1. The minimum absolute atomic E-state index is 0.0607. The van der Waals surface area contributed by atoms with Crippen LogP contribution in [0.15, 0.2) is 65.8 Å². The van der Waals surface area contributed by atoms with Gasteiger partial charge >= 0.3 is 6.09 Å². The highest BCUT2D eigenvalue weighted by Crippen LogP contribution is 2.31. The number of anilines is 1. The first kappa shape index (κ1) is 27.5. The van der Waals surface area contributed by atoms with Crippen LogP contribution in [0.3, 0.4) is 0 Å². The Labute approximate surface area is 241 Å². The highest BCUT2D eigenvalue weighted by atomic mass is 16.4. The van der Waals surface area contributed by atoms with E-state index in [-0.39, 0.29) is 29.6 Å². The van der Waals surface area contributed by atoms with Gasteiger partial charge in [-0.25, -0.2) is 19.7 Å². The van der Waals surface area contributed by atoms with Crippen molar-refractivity contribution in [3.05, 3.63) is 82.5 Å². The van der Waals surface area contributed by atoms with Crippen LogP contribution in [0.25, 0.3) is 16.9 Å². The summed E-state index contributed by atoms with van der Waals surface area (Å²) in [5.41, 5.74) is 5.36. The van der Waals surface area contributed by atoms with Gasteiger partial charge in [0.1, 0.15) is 6.33 Å². The minimum Gasteiger partial charge on any atom is -0.464 e. The number of carbonyl (C=O) groups excluding carboxylic acids is 1. The summed E-state index contributed by atoms with van der Waals surface area (Å²) < 4.78 is 2.88. The van der Waals surface area contributed by atoms with E-state index in [1.807, 2.05) is 55.5 Å². The topological polar surface area (TPSA) is 145 Å². The van der Waals surface area contributed by atoms with E-state index in [1.54, 1.807) is 16.1 Å². The molecular formula is C30H33N7O5. The average molecular weight is 572 g/mol. The molecule has 12 nitrogen and oxygen atoms in total. The number of rotatable bonds is 7. The molecule has 4 aromatic rings. The van der Waals surface area contributed by atoms with Crippen LogP contribution in [0, 0.1) is 0 Å². The van der Waals surface area contributed by atoms with Crippen LogP contribution in [-0.2, 0) is 17.8 Å². The summed E-state index contributed by atoms with van der Waals surface area (Å²) in [4.78, 5) is 43.5. The zero-order valence-electron chi connectivity index (χ0n) is 23.3. The first-order valence-electron chi connectivity index (χ1n) is 14.1. The smallest absolute Gasteiger partial charge is 0.423 e. The zero-order valence-corrected chi connectivity index (χ0v) is 23.3. The summed E-state index contributed by atoms with van der Waals surface area (Å²) in [6.07, 6.45) is 3.69. The Morgan fingerprint density at radius 1 is 1.10 bits per heavy atom.